The maximum absolute atomic E-state index is 5.61. The summed E-state index contributed by atoms with van der Waals surface area (Å²) < 4.78 is 11.1. The van der Waals surface area contributed by atoms with Crippen molar-refractivity contribution in [3.8, 4) is 0 Å². The Kier molecular flexibility index (Phi) is 3.58. The van der Waals surface area contributed by atoms with Crippen LogP contribution in [0.4, 0.5) is 0 Å². The zero-order chi connectivity index (χ0) is 8.93. The Hall–Kier alpha value is -0.120. The number of rotatable bonds is 4. The van der Waals surface area contributed by atoms with Crippen LogP contribution in [0.1, 0.15) is 25.7 Å². The summed E-state index contributed by atoms with van der Waals surface area (Å²) >= 11 is 0. The van der Waals surface area contributed by atoms with Gasteiger partial charge in [-0.2, -0.15) is 0 Å². The first-order valence-corrected chi connectivity index (χ1v) is 5.38. The van der Waals surface area contributed by atoms with Crippen LogP contribution < -0.4 is 5.32 Å². The van der Waals surface area contributed by atoms with Crippen molar-refractivity contribution >= 4 is 0 Å². The standard InChI is InChI=1S/C10H19NO2/c1-3-9(11-5-1)7-12-8-10-4-2-6-13-10/h9-11H,1-8H2/t9-,10?/m0/s1. The van der Waals surface area contributed by atoms with Crippen molar-refractivity contribution < 1.29 is 9.47 Å². The van der Waals surface area contributed by atoms with Crippen molar-refractivity contribution in [2.75, 3.05) is 26.4 Å². The lowest BCUT2D eigenvalue weighted by Crippen LogP contribution is -2.28. The largest absolute Gasteiger partial charge is 0.377 e. The Balaban J connectivity index is 1.52. The second kappa shape index (κ2) is 4.94. The average Bonchev–Trinajstić information content (AvgIpc) is 2.75. The molecule has 0 bridgehead atoms. The van der Waals surface area contributed by atoms with Gasteiger partial charge >= 0.3 is 0 Å². The minimum atomic E-state index is 0.376. The fourth-order valence-electron chi connectivity index (χ4n) is 2.02. The van der Waals surface area contributed by atoms with Gasteiger partial charge in [0.25, 0.3) is 0 Å². The first-order chi connectivity index (χ1) is 6.45. The molecule has 0 aromatic heterocycles. The minimum absolute atomic E-state index is 0.376. The lowest BCUT2D eigenvalue weighted by molar-refractivity contribution is 0.0116. The Labute approximate surface area is 79.8 Å². The zero-order valence-electron chi connectivity index (χ0n) is 8.13. The van der Waals surface area contributed by atoms with E-state index in [0.29, 0.717) is 12.1 Å². The smallest absolute Gasteiger partial charge is 0.0809 e. The Morgan fingerprint density at radius 1 is 1.23 bits per heavy atom. The summed E-state index contributed by atoms with van der Waals surface area (Å²) in [6.07, 6.45) is 5.33. The molecule has 0 aliphatic carbocycles. The van der Waals surface area contributed by atoms with Gasteiger partial charge in [0.2, 0.25) is 0 Å². The lowest BCUT2D eigenvalue weighted by Gasteiger charge is -2.13. The van der Waals surface area contributed by atoms with Crippen molar-refractivity contribution in [3.05, 3.63) is 0 Å². The van der Waals surface area contributed by atoms with Crippen LogP contribution in [-0.2, 0) is 9.47 Å². The van der Waals surface area contributed by atoms with E-state index in [2.05, 4.69) is 5.32 Å². The molecule has 0 aromatic carbocycles. The molecular weight excluding hydrogens is 166 g/mol. The van der Waals surface area contributed by atoms with E-state index in [1.54, 1.807) is 0 Å². The highest BCUT2D eigenvalue weighted by Gasteiger charge is 2.17. The van der Waals surface area contributed by atoms with Gasteiger partial charge in [-0.15, -0.1) is 0 Å². The molecule has 2 fully saturated rings. The van der Waals surface area contributed by atoms with Crippen LogP contribution in [-0.4, -0.2) is 38.5 Å². The van der Waals surface area contributed by atoms with Crippen LogP contribution in [0.3, 0.4) is 0 Å². The highest BCUT2D eigenvalue weighted by atomic mass is 16.5. The molecule has 3 nitrogen and oxygen atoms in total. The van der Waals surface area contributed by atoms with E-state index in [-0.39, 0.29) is 0 Å². The van der Waals surface area contributed by atoms with Gasteiger partial charge in [0.15, 0.2) is 0 Å². The van der Waals surface area contributed by atoms with Crippen molar-refractivity contribution in [2.24, 2.45) is 0 Å². The number of hydrogen-bond acceptors (Lipinski definition) is 3. The second-order valence-electron chi connectivity index (χ2n) is 3.97. The fraction of sp³-hybridized carbons (Fsp3) is 1.00. The third kappa shape index (κ3) is 2.93. The SMILES string of the molecule is C1COC(COC[C@@H]2CCCN2)C1. The van der Waals surface area contributed by atoms with Crippen LogP contribution in [0.5, 0.6) is 0 Å². The van der Waals surface area contributed by atoms with E-state index in [9.17, 15) is 0 Å². The third-order valence-corrected chi connectivity index (χ3v) is 2.81. The summed E-state index contributed by atoms with van der Waals surface area (Å²) in [5, 5.41) is 3.42. The average molecular weight is 185 g/mol. The fourth-order valence-corrected chi connectivity index (χ4v) is 2.02. The maximum atomic E-state index is 5.61. The van der Waals surface area contributed by atoms with Gasteiger partial charge in [0, 0.05) is 12.6 Å². The first-order valence-electron chi connectivity index (χ1n) is 5.38. The molecule has 2 saturated heterocycles. The number of nitrogens with one attached hydrogen (secondary N) is 1. The molecule has 2 rings (SSSR count). The van der Waals surface area contributed by atoms with E-state index < -0.39 is 0 Å². The minimum Gasteiger partial charge on any atom is -0.377 e. The molecule has 2 aliphatic rings. The van der Waals surface area contributed by atoms with E-state index in [1.165, 1.54) is 25.7 Å². The molecule has 2 aliphatic heterocycles. The highest BCUT2D eigenvalue weighted by molar-refractivity contribution is 4.73. The summed E-state index contributed by atoms with van der Waals surface area (Å²) in [5.41, 5.74) is 0. The van der Waals surface area contributed by atoms with Gasteiger partial charge in [0.1, 0.15) is 0 Å². The van der Waals surface area contributed by atoms with Crippen molar-refractivity contribution in [3.63, 3.8) is 0 Å². The van der Waals surface area contributed by atoms with Gasteiger partial charge in [-0.25, -0.2) is 0 Å². The molecule has 0 aromatic rings. The molecular formula is C10H19NO2. The molecule has 2 atom stereocenters. The van der Waals surface area contributed by atoms with Gasteiger partial charge in [-0.05, 0) is 32.2 Å². The van der Waals surface area contributed by atoms with Gasteiger partial charge < -0.3 is 14.8 Å². The molecule has 0 saturated carbocycles. The van der Waals surface area contributed by atoms with Gasteiger partial charge in [0.05, 0.1) is 19.3 Å². The van der Waals surface area contributed by atoms with E-state index in [1.807, 2.05) is 0 Å². The van der Waals surface area contributed by atoms with E-state index >= 15 is 0 Å². The van der Waals surface area contributed by atoms with E-state index in [0.717, 1.165) is 26.4 Å². The number of hydrogen-bond donors (Lipinski definition) is 1. The molecule has 0 amide bonds. The lowest BCUT2D eigenvalue weighted by atomic mass is 10.2. The molecule has 0 radical (unpaired) electrons. The van der Waals surface area contributed by atoms with Crippen molar-refractivity contribution in [1.82, 2.24) is 5.32 Å². The summed E-state index contributed by atoms with van der Waals surface area (Å²) in [6, 6.07) is 0.599. The second-order valence-corrected chi connectivity index (χ2v) is 3.97. The monoisotopic (exact) mass is 185 g/mol. The van der Waals surface area contributed by atoms with Crippen LogP contribution in [0.2, 0.25) is 0 Å². The van der Waals surface area contributed by atoms with Crippen LogP contribution >= 0.6 is 0 Å². The van der Waals surface area contributed by atoms with Crippen molar-refractivity contribution in [1.29, 1.82) is 0 Å². The summed E-state index contributed by atoms with van der Waals surface area (Å²) in [7, 11) is 0. The van der Waals surface area contributed by atoms with E-state index in [4.69, 9.17) is 9.47 Å². The molecule has 1 N–H and O–H groups in total. The Bertz CT molecular complexity index is 124. The van der Waals surface area contributed by atoms with Crippen LogP contribution in [0.15, 0.2) is 0 Å². The predicted molar refractivity (Wildman–Crippen MR) is 50.8 cm³/mol. The Morgan fingerprint density at radius 2 is 2.23 bits per heavy atom. The summed E-state index contributed by atoms with van der Waals surface area (Å²) in [4.78, 5) is 0. The van der Waals surface area contributed by atoms with Crippen LogP contribution in [0.25, 0.3) is 0 Å². The summed E-state index contributed by atoms with van der Waals surface area (Å²) in [5.74, 6) is 0. The maximum Gasteiger partial charge on any atom is 0.0809 e. The molecule has 3 heteroatoms. The molecule has 2 heterocycles. The number of ether oxygens (including phenoxy) is 2. The predicted octanol–water partition coefficient (Wildman–Crippen LogP) is 0.934. The molecule has 1 unspecified atom stereocenters. The normalized spacial score (nSPS) is 34.2. The third-order valence-electron chi connectivity index (χ3n) is 2.81. The van der Waals surface area contributed by atoms with Crippen molar-refractivity contribution in [2.45, 2.75) is 37.8 Å². The van der Waals surface area contributed by atoms with Gasteiger partial charge in [-0.1, -0.05) is 0 Å². The first kappa shape index (κ1) is 9.44. The molecule has 0 spiro atoms. The summed E-state index contributed by atoms with van der Waals surface area (Å²) in [6.45, 7) is 3.74. The molecule has 76 valence electrons. The quantitative estimate of drug-likeness (QED) is 0.707. The molecule has 13 heavy (non-hydrogen) atoms. The van der Waals surface area contributed by atoms with Gasteiger partial charge in [-0.3, -0.25) is 0 Å². The topological polar surface area (TPSA) is 30.5 Å². The van der Waals surface area contributed by atoms with Crippen LogP contribution in [0, 0.1) is 0 Å². The Morgan fingerprint density at radius 3 is 2.92 bits per heavy atom. The zero-order valence-corrected chi connectivity index (χ0v) is 8.13. The highest BCUT2D eigenvalue weighted by Crippen LogP contribution is 2.12.